The van der Waals surface area contributed by atoms with Gasteiger partial charge in [0.05, 0.1) is 12.5 Å². The number of amides is 2. The molecule has 1 aliphatic heterocycles. The molecule has 2 atom stereocenters. The molecule has 7 nitrogen and oxygen atoms in total. The van der Waals surface area contributed by atoms with Crippen LogP contribution in [0.1, 0.15) is 43.9 Å². The average Bonchev–Trinajstić information content (AvgIpc) is 2.83. The van der Waals surface area contributed by atoms with Crippen molar-refractivity contribution in [2.75, 3.05) is 13.2 Å². The number of carboxylic acid groups (broad SMARTS) is 1. The molecule has 1 heterocycles. The Morgan fingerprint density at radius 2 is 1.71 bits per heavy atom. The maximum atomic E-state index is 13.7. The molecule has 0 saturated heterocycles. The summed E-state index contributed by atoms with van der Waals surface area (Å²) in [5.74, 6) is -1.87. The van der Waals surface area contributed by atoms with Crippen LogP contribution in [0.25, 0.3) is 0 Å². The van der Waals surface area contributed by atoms with Gasteiger partial charge in [-0.2, -0.15) is 0 Å². The lowest BCUT2D eigenvalue weighted by atomic mass is 9.94. The third kappa shape index (κ3) is 6.16. The number of carbonyl (C=O) groups is 3. The lowest BCUT2D eigenvalue weighted by Crippen LogP contribution is -2.56. The third-order valence-corrected chi connectivity index (χ3v) is 6.31. The van der Waals surface area contributed by atoms with E-state index in [0.717, 1.165) is 16.7 Å². The Balaban J connectivity index is 1.82. The van der Waals surface area contributed by atoms with Crippen molar-refractivity contribution in [3.05, 3.63) is 71.3 Å². The molecule has 1 aliphatic rings. The Kier molecular flexibility index (Phi) is 8.68. The average molecular weight is 467 g/mol. The molecule has 0 saturated carbocycles. The smallest absolute Gasteiger partial charge is 0.326 e. The number of aryl methyl sites for hydroxylation is 1. The minimum absolute atomic E-state index is 0.173. The zero-order valence-electron chi connectivity index (χ0n) is 20.1. The van der Waals surface area contributed by atoms with E-state index in [-0.39, 0.29) is 44.2 Å². The molecule has 0 unspecified atom stereocenters. The fourth-order valence-electron chi connectivity index (χ4n) is 4.39. The van der Waals surface area contributed by atoms with Gasteiger partial charge < -0.3 is 19.6 Å². The van der Waals surface area contributed by atoms with Crippen molar-refractivity contribution < 1.29 is 24.2 Å². The Hall–Kier alpha value is -3.35. The summed E-state index contributed by atoms with van der Waals surface area (Å²) in [4.78, 5) is 41.6. The molecule has 0 aliphatic carbocycles. The van der Waals surface area contributed by atoms with E-state index < -0.39 is 17.9 Å². The van der Waals surface area contributed by atoms with Crippen LogP contribution in [0.5, 0.6) is 0 Å². The summed E-state index contributed by atoms with van der Waals surface area (Å²) in [6, 6.07) is 16.0. The molecule has 2 aromatic rings. The second-order valence-corrected chi connectivity index (χ2v) is 8.96. The molecule has 0 spiro atoms. The number of urea groups is 1. The van der Waals surface area contributed by atoms with Crippen LogP contribution in [-0.4, -0.2) is 58.1 Å². The molecule has 0 aromatic heterocycles. The predicted octanol–water partition coefficient (Wildman–Crippen LogP) is 4.14. The fourth-order valence-corrected chi connectivity index (χ4v) is 4.39. The lowest BCUT2D eigenvalue weighted by molar-refractivity contribution is -0.149. The number of nitrogens with zero attached hydrogens (tertiary/aromatic N) is 2. The molecule has 34 heavy (non-hydrogen) atoms. The van der Waals surface area contributed by atoms with Crippen LogP contribution < -0.4 is 0 Å². The first kappa shape index (κ1) is 25.3. The molecular weight excluding hydrogens is 432 g/mol. The summed E-state index contributed by atoms with van der Waals surface area (Å²) in [7, 11) is 0. The topological polar surface area (TPSA) is 87.2 Å². The Morgan fingerprint density at radius 1 is 1.06 bits per heavy atom. The highest BCUT2D eigenvalue weighted by atomic mass is 16.5. The minimum atomic E-state index is -1.03. The van der Waals surface area contributed by atoms with Gasteiger partial charge in [-0.3, -0.25) is 4.79 Å². The summed E-state index contributed by atoms with van der Waals surface area (Å²) in [6.07, 6.45) is 1.47. The summed E-state index contributed by atoms with van der Waals surface area (Å²) in [5.41, 5.74) is 3.00. The predicted molar refractivity (Wildman–Crippen MR) is 129 cm³/mol. The zero-order chi connectivity index (χ0) is 24.7. The SMILES string of the molecule is CCOC(=O)[C@@H](CCc1ccccc1)CN(C(=O)N1Cc2ccccc2C[C@H]1C(=O)O)C(C)C. The largest absolute Gasteiger partial charge is 0.480 e. The standard InChI is InChI=1S/C27H34N2O5/c1-4-34-26(32)23(15-14-20-10-6-5-7-11-20)18-28(19(2)3)27(33)29-17-22-13-9-8-12-21(22)16-24(29)25(30)31/h5-13,19,23-24H,4,14-18H2,1-3H3,(H,30,31)/t23-,24-/m0/s1. The molecule has 182 valence electrons. The normalized spacial score (nSPS) is 16.0. The van der Waals surface area contributed by atoms with Crippen LogP contribution in [0.3, 0.4) is 0 Å². The molecule has 1 N–H and O–H groups in total. The molecular formula is C27H34N2O5. The summed E-state index contributed by atoms with van der Waals surface area (Å²) < 4.78 is 5.32. The lowest BCUT2D eigenvalue weighted by Gasteiger charge is -2.40. The maximum absolute atomic E-state index is 13.7. The van der Waals surface area contributed by atoms with E-state index in [1.807, 2.05) is 68.4 Å². The second-order valence-electron chi connectivity index (χ2n) is 8.96. The van der Waals surface area contributed by atoms with Gasteiger partial charge in [-0.15, -0.1) is 0 Å². The van der Waals surface area contributed by atoms with Gasteiger partial charge in [0.2, 0.25) is 0 Å². The third-order valence-electron chi connectivity index (χ3n) is 6.31. The molecule has 0 radical (unpaired) electrons. The highest BCUT2D eigenvalue weighted by Gasteiger charge is 2.38. The number of ether oxygens (including phenoxy) is 1. The van der Waals surface area contributed by atoms with Gasteiger partial charge in [-0.1, -0.05) is 54.6 Å². The Labute approximate surface area is 201 Å². The highest BCUT2D eigenvalue weighted by Crippen LogP contribution is 2.26. The van der Waals surface area contributed by atoms with Crippen molar-refractivity contribution in [2.24, 2.45) is 5.92 Å². The van der Waals surface area contributed by atoms with Gasteiger partial charge in [0, 0.05) is 25.6 Å². The van der Waals surface area contributed by atoms with E-state index >= 15 is 0 Å². The number of benzene rings is 2. The van der Waals surface area contributed by atoms with Gasteiger partial charge in [-0.25, -0.2) is 9.59 Å². The number of carboxylic acids is 1. The van der Waals surface area contributed by atoms with Crippen LogP contribution in [0.15, 0.2) is 54.6 Å². The van der Waals surface area contributed by atoms with E-state index in [4.69, 9.17) is 4.74 Å². The molecule has 0 fully saturated rings. The molecule has 2 amide bonds. The Bertz CT molecular complexity index is 992. The summed E-state index contributed by atoms with van der Waals surface area (Å²) in [5, 5.41) is 9.87. The van der Waals surface area contributed by atoms with Gasteiger partial charge in [0.25, 0.3) is 0 Å². The van der Waals surface area contributed by atoms with Crippen LogP contribution in [0.4, 0.5) is 4.79 Å². The number of carbonyl (C=O) groups excluding carboxylic acids is 2. The zero-order valence-corrected chi connectivity index (χ0v) is 20.1. The van der Waals surface area contributed by atoms with Gasteiger partial charge in [0.1, 0.15) is 6.04 Å². The first-order valence-electron chi connectivity index (χ1n) is 11.9. The van der Waals surface area contributed by atoms with E-state index in [0.29, 0.717) is 12.8 Å². The van der Waals surface area contributed by atoms with Crippen LogP contribution in [0, 0.1) is 5.92 Å². The van der Waals surface area contributed by atoms with Crippen molar-refractivity contribution in [1.82, 2.24) is 9.80 Å². The van der Waals surface area contributed by atoms with Crippen molar-refractivity contribution in [3.8, 4) is 0 Å². The van der Waals surface area contributed by atoms with Gasteiger partial charge >= 0.3 is 18.0 Å². The maximum Gasteiger partial charge on any atom is 0.326 e. The van der Waals surface area contributed by atoms with Gasteiger partial charge in [-0.05, 0) is 50.3 Å². The molecule has 2 aromatic carbocycles. The van der Waals surface area contributed by atoms with Crippen molar-refractivity contribution >= 4 is 18.0 Å². The number of fused-ring (bicyclic) bond motifs is 1. The molecule has 7 heteroatoms. The van der Waals surface area contributed by atoms with Crippen molar-refractivity contribution in [2.45, 2.75) is 58.7 Å². The number of esters is 1. The van der Waals surface area contributed by atoms with Crippen LogP contribution in [0.2, 0.25) is 0 Å². The molecule has 0 bridgehead atoms. The van der Waals surface area contributed by atoms with Crippen molar-refractivity contribution in [1.29, 1.82) is 0 Å². The molecule has 3 rings (SSSR count). The first-order valence-corrected chi connectivity index (χ1v) is 11.9. The van der Waals surface area contributed by atoms with Crippen molar-refractivity contribution in [3.63, 3.8) is 0 Å². The van der Waals surface area contributed by atoms with Gasteiger partial charge in [0.15, 0.2) is 0 Å². The fraction of sp³-hybridized carbons (Fsp3) is 0.444. The van der Waals surface area contributed by atoms with E-state index in [2.05, 4.69) is 0 Å². The summed E-state index contributed by atoms with van der Waals surface area (Å²) in [6.45, 7) is 6.19. The highest BCUT2D eigenvalue weighted by molar-refractivity contribution is 5.84. The number of hydrogen-bond acceptors (Lipinski definition) is 4. The Morgan fingerprint density at radius 3 is 2.32 bits per heavy atom. The number of rotatable bonds is 9. The summed E-state index contributed by atoms with van der Waals surface area (Å²) >= 11 is 0. The number of hydrogen-bond donors (Lipinski definition) is 1. The quantitative estimate of drug-likeness (QED) is 0.561. The second kappa shape index (κ2) is 11.7. The van der Waals surface area contributed by atoms with Crippen LogP contribution >= 0.6 is 0 Å². The minimum Gasteiger partial charge on any atom is -0.480 e. The van der Waals surface area contributed by atoms with E-state index in [1.54, 1.807) is 11.8 Å². The first-order chi connectivity index (χ1) is 16.3. The van der Waals surface area contributed by atoms with E-state index in [1.165, 1.54) is 4.90 Å². The van der Waals surface area contributed by atoms with E-state index in [9.17, 15) is 19.5 Å². The number of aliphatic carboxylic acids is 1. The van der Waals surface area contributed by atoms with Crippen LogP contribution in [-0.2, 0) is 33.7 Å². The monoisotopic (exact) mass is 466 g/mol.